The minimum absolute atomic E-state index is 0.0208. The normalized spacial score (nSPS) is 11.8. The topological polar surface area (TPSA) is 56.8 Å². The summed E-state index contributed by atoms with van der Waals surface area (Å²) in [4.78, 5) is 12.3. The van der Waals surface area contributed by atoms with Crippen LogP contribution in [0.4, 0.5) is 32.0 Å². The molecule has 0 aromatic heterocycles. The molecule has 11 heteroatoms. The Hall–Kier alpha value is -3.11. The number of benzene rings is 2. The van der Waals surface area contributed by atoms with Crippen LogP contribution in [0.5, 0.6) is 17.2 Å². The lowest BCUT2D eigenvalue weighted by molar-refractivity contribution is -0.143. The van der Waals surface area contributed by atoms with E-state index in [0.29, 0.717) is 17.9 Å². The fourth-order valence-corrected chi connectivity index (χ4v) is 2.71. The van der Waals surface area contributed by atoms with Gasteiger partial charge in [0, 0.05) is 11.3 Å². The molecular formula is C19H17F6NO4. The molecule has 0 bridgehead atoms. The van der Waals surface area contributed by atoms with Gasteiger partial charge in [0.25, 0.3) is 0 Å². The second-order valence-corrected chi connectivity index (χ2v) is 6.01. The molecule has 0 saturated carbocycles. The number of rotatable bonds is 6. The molecule has 0 atom stereocenters. The predicted octanol–water partition coefficient (Wildman–Crippen LogP) is 4.93. The lowest BCUT2D eigenvalue weighted by Crippen LogP contribution is -2.17. The van der Waals surface area contributed by atoms with Gasteiger partial charge in [-0.2, -0.15) is 26.3 Å². The van der Waals surface area contributed by atoms with E-state index in [0.717, 1.165) is 0 Å². The SMILES string of the molecule is COc1ccc(CC(=O)Nc2cc(C(F)(F)F)cc(C(F)(F)F)c2)c(OC)c1OC. The Kier molecular flexibility index (Phi) is 6.73. The number of methoxy groups -OCH3 is 3. The molecule has 164 valence electrons. The van der Waals surface area contributed by atoms with E-state index in [2.05, 4.69) is 5.32 Å². The van der Waals surface area contributed by atoms with Crippen LogP contribution in [0.15, 0.2) is 30.3 Å². The zero-order valence-electron chi connectivity index (χ0n) is 16.0. The van der Waals surface area contributed by atoms with Crippen LogP contribution in [0.1, 0.15) is 16.7 Å². The highest BCUT2D eigenvalue weighted by atomic mass is 19.4. The molecule has 0 saturated heterocycles. The first kappa shape index (κ1) is 23.2. The Morgan fingerprint density at radius 1 is 0.833 bits per heavy atom. The van der Waals surface area contributed by atoms with Crippen LogP contribution in [0.3, 0.4) is 0 Å². The summed E-state index contributed by atoms with van der Waals surface area (Å²) in [6.07, 6.45) is -10.4. The van der Waals surface area contributed by atoms with Gasteiger partial charge < -0.3 is 19.5 Å². The molecule has 0 fully saturated rings. The second-order valence-electron chi connectivity index (χ2n) is 6.01. The molecule has 0 spiro atoms. The minimum atomic E-state index is -5.02. The van der Waals surface area contributed by atoms with Gasteiger partial charge >= 0.3 is 12.4 Å². The van der Waals surface area contributed by atoms with E-state index in [9.17, 15) is 31.1 Å². The van der Waals surface area contributed by atoms with Crippen LogP contribution in [0.2, 0.25) is 0 Å². The zero-order chi connectivity index (χ0) is 22.7. The molecule has 0 aliphatic carbocycles. The number of ether oxygens (including phenoxy) is 3. The highest BCUT2D eigenvalue weighted by Gasteiger charge is 2.37. The number of carbonyl (C=O) groups is 1. The van der Waals surface area contributed by atoms with Crippen molar-refractivity contribution in [1.29, 1.82) is 0 Å². The number of amides is 1. The first-order valence-corrected chi connectivity index (χ1v) is 8.27. The van der Waals surface area contributed by atoms with Crippen molar-refractivity contribution in [3.63, 3.8) is 0 Å². The van der Waals surface area contributed by atoms with Crippen molar-refractivity contribution in [2.75, 3.05) is 26.6 Å². The Morgan fingerprint density at radius 2 is 1.37 bits per heavy atom. The molecule has 0 aliphatic heterocycles. The second kappa shape index (κ2) is 8.72. The number of hydrogen-bond donors (Lipinski definition) is 1. The van der Waals surface area contributed by atoms with E-state index in [4.69, 9.17) is 14.2 Å². The predicted molar refractivity (Wildman–Crippen MR) is 94.9 cm³/mol. The lowest BCUT2D eigenvalue weighted by atomic mass is 10.1. The van der Waals surface area contributed by atoms with Crippen LogP contribution >= 0.6 is 0 Å². The van der Waals surface area contributed by atoms with Gasteiger partial charge in [-0.15, -0.1) is 0 Å². The van der Waals surface area contributed by atoms with E-state index >= 15 is 0 Å². The molecule has 1 amide bonds. The third kappa shape index (κ3) is 5.28. The van der Waals surface area contributed by atoms with Crippen LogP contribution in [0.25, 0.3) is 0 Å². The monoisotopic (exact) mass is 437 g/mol. The Morgan fingerprint density at radius 3 is 1.80 bits per heavy atom. The molecule has 0 heterocycles. The summed E-state index contributed by atoms with van der Waals surface area (Å²) in [5, 5.41) is 2.07. The maximum Gasteiger partial charge on any atom is 0.416 e. The average molecular weight is 437 g/mol. The molecule has 0 unspecified atom stereocenters. The van der Waals surface area contributed by atoms with Crippen molar-refractivity contribution in [1.82, 2.24) is 0 Å². The smallest absolute Gasteiger partial charge is 0.416 e. The van der Waals surface area contributed by atoms with Crippen molar-refractivity contribution in [2.24, 2.45) is 0 Å². The van der Waals surface area contributed by atoms with E-state index in [-0.39, 0.29) is 23.1 Å². The van der Waals surface area contributed by atoms with Crippen molar-refractivity contribution < 1.29 is 45.3 Å². The van der Waals surface area contributed by atoms with Gasteiger partial charge in [-0.25, -0.2) is 0 Å². The van der Waals surface area contributed by atoms with Crippen LogP contribution in [-0.4, -0.2) is 27.2 Å². The molecular weight excluding hydrogens is 420 g/mol. The van der Waals surface area contributed by atoms with E-state index in [1.54, 1.807) is 0 Å². The number of anilines is 1. The summed E-state index contributed by atoms with van der Waals surface area (Å²) in [7, 11) is 4.03. The van der Waals surface area contributed by atoms with Crippen molar-refractivity contribution >= 4 is 11.6 Å². The number of hydrogen-bond acceptors (Lipinski definition) is 4. The van der Waals surface area contributed by atoms with Crippen LogP contribution < -0.4 is 19.5 Å². The first-order valence-electron chi connectivity index (χ1n) is 8.27. The van der Waals surface area contributed by atoms with Gasteiger partial charge in [0.2, 0.25) is 11.7 Å². The quantitative estimate of drug-likeness (QED) is 0.652. The van der Waals surface area contributed by atoms with Gasteiger partial charge in [0.05, 0.1) is 38.9 Å². The number of nitrogens with one attached hydrogen (secondary N) is 1. The molecule has 0 radical (unpaired) electrons. The average Bonchev–Trinajstić information content (AvgIpc) is 2.65. The van der Waals surface area contributed by atoms with E-state index in [1.165, 1.54) is 33.5 Å². The van der Waals surface area contributed by atoms with Gasteiger partial charge in [0.15, 0.2) is 11.5 Å². The Labute approximate surface area is 167 Å². The maximum absolute atomic E-state index is 13.0. The molecule has 1 N–H and O–H groups in total. The Balaban J connectivity index is 2.35. The summed E-state index contributed by atoms with van der Waals surface area (Å²) in [5.74, 6) is -0.213. The maximum atomic E-state index is 13.0. The van der Waals surface area contributed by atoms with Gasteiger partial charge in [-0.05, 0) is 24.3 Å². The molecule has 2 rings (SSSR count). The van der Waals surface area contributed by atoms with Crippen molar-refractivity contribution in [3.8, 4) is 17.2 Å². The van der Waals surface area contributed by atoms with Crippen molar-refractivity contribution in [2.45, 2.75) is 18.8 Å². The van der Waals surface area contributed by atoms with Gasteiger partial charge in [0.1, 0.15) is 0 Å². The summed E-state index contributed by atoms with van der Waals surface area (Å²) in [6.45, 7) is 0. The highest BCUT2D eigenvalue weighted by Crippen LogP contribution is 2.40. The molecule has 5 nitrogen and oxygen atoms in total. The largest absolute Gasteiger partial charge is 0.493 e. The van der Waals surface area contributed by atoms with Crippen molar-refractivity contribution in [3.05, 3.63) is 47.0 Å². The standard InChI is InChI=1S/C19H17F6NO4/c1-28-14-5-4-10(16(29-2)17(14)30-3)6-15(27)26-13-8-11(18(20,21)22)7-12(9-13)19(23,24)25/h4-5,7-9H,6H2,1-3H3,(H,26,27). The summed E-state index contributed by atoms with van der Waals surface area (Å²) in [6, 6.07) is 3.79. The molecule has 2 aromatic carbocycles. The minimum Gasteiger partial charge on any atom is -0.493 e. The first-order chi connectivity index (χ1) is 13.9. The van der Waals surface area contributed by atoms with Crippen LogP contribution in [0, 0.1) is 0 Å². The highest BCUT2D eigenvalue weighted by molar-refractivity contribution is 5.93. The molecule has 2 aromatic rings. The summed E-state index contributed by atoms with van der Waals surface area (Å²) >= 11 is 0. The van der Waals surface area contributed by atoms with E-state index < -0.39 is 41.5 Å². The molecule has 30 heavy (non-hydrogen) atoms. The van der Waals surface area contributed by atoms with Crippen LogP contribution in [-0.2, 0) is 23.6 Å². The lowest BCUT2D eigenvalue weighted by Gasteiger charge is -2.17. The van der Waals surface area contributed by atoms with Gasteiger partial charge in [-0.3, -0.25) is 4.79 Å². The van der Waals surface area contributed by atoms with Gasteiger partial charge in [-0.1, -0.05) is 6.07 Å². The Bertz CT molecular complexity index is 892. The summed E-state index contributed by atoms with van der Waals surface area (Å²) in [5.41, 5.74) is -3.41. The number of halogens is 6. The third-order valence-corrected chi connectivity index (χ3v) is 4.01. The number of carbonyl (C=O) groups excluding carboxylic acids is 1. The zero-order valence-corrected chi connectivity index (χ0v) is 16.0. The van der Waals surface area contributed by atoms with E-state index in [1.807, 2.05) is 0 Å². The number of alkyl halides is 6. The third-order valence-electron chi connectivity index (χ3n) is 4.01. The fourth-order valence-electron chi connectivity index (χ4n) is 2.71. The fraction of sp³-hybridized carbons (Fsp3) is 0.316. The summed E-state index contributed by atoms with van der Waals surface area (Å²) < 4.78 is 93.2. The molecule has 0 aliphatic rings.